The van der Waals surface area contributed by atoms with Crippen molar-refractivity contribution in [1.82, 2.24) is 15.0 Å². The van der Waals surface area contributed by atoms with E-state index in [1.54, 1.807) is 0 Å². The normalized spacial score (nSPS) is 10.7. The van der Waals surface area contributed by atoms with Gasteiger partial charge in [0.15, 0.2) is 5.82 Å². The standard InChI is InChI=1S/C18H8ClFN4O2/c19-12-8-10(2-4-13(12)20)23-17-16-15(21-5-6-22-16)11-3-1-9(18(25)26)7-14(11)24-17/h2,4-8H,(H,23,24)(H,25,26). The van der Waals surface area contributed by atoms with Crippen LogP contribution in [0.5, 0.6) is 0 Å². The number of nitrogens with one attached hydrogen (secondary N) is 1. The van der Waals surface area contributed by atoms with Crippen molar-refractivity contribution in [3.63, 3.8) is 0 Å². The van der Waals surface area contributed by atoms with E-state index in [0.29, 0.717) is 33.4 Å². The molecule has 26 heavy (non-hydrogen) atoms. The number of pyridine rings is 1. The number of benzene rings is 1. The highest BCUT2D eigenvalue weighted by Crippen LogP contribution is 2.29. The van der Waals surface area contributed by atoms with Crippen LogP contribution in [0.3, 0.4) is 0 Å². The van der Waals surface area contributed by atoms with E-state index in [9.17, 15) is 9.18 Å². The van der Waals surface area contributed by atoms with Gasteiger partial charge in [0.25, 0.3) is 0 Å². The first kappa shape index (κ1) is 16.0. The van der Waals surface area contributed by atoms with Crippen molar-refractivity contribution in [2.45, 2.75) is 0 Å². The van der Waals surface area contributed by atoms with E-state index >= 15 is 0 Å². The van der Waals surface area contributed by atoms with Gasteiger partial charge in [-0.1, -0.05) is 23.7 Å². The summed E-state index contributed by atoms with van der Waals surface area (Å²) < 4.78 is 13.4. The minimum Gasteiger partial charge on any atom is -0.477 e. The second-order valence-corrected chi connectivity index (χ2v) is 5.75. The molecule has 0 saturated carbocycles. The SMILES string of the molecule is O=C(O)c1c#cc2c(c1)nc(Nc1ccc(F)c(Cl)c1)c1nccnc12. The Kier molecular flexibility index (Phi) is 3.75. The number of nitrogens with zero attached hydrogens (tertiary/aromatic N) is 3. The van der Waals surface area contributed by atoms with Crippen molar-refractivity contribution in [3.05, 3.63) is 65.2 Å². The fourth-order valence-electron chi connectivity index (χ4n) is 2.49. The molecule has 0 aliphatic heterocycles. The molecule has 8 heteroatoms. The maximum absolute atomic E-state index is 13.4. The highest BCUT2D eigenvalue weighted by atomic mass is 35.5. The molecule has 0 fully saturated rings. The van der Waals surface area contributed by atoms with Crippen LogP contribution in [0.25, 0.3) is 21.9 Å². The maximum atomic E-state index is 13.4. The van der Waals surface area contributed by atoms with Gasteiger partial charge < -0.3 is 10.4 Å². The molecule has 6 nitrogen and oxygen atoms in total. The summed E-state index contributed by atoms with van der Waals surface area (Å²) in [5, 5.41) is 12.6. The predicted molar refractivity (Wildman–Crippen MR) is 94.2 cm³/mol. The van der Waals surface area contributed by atoms with Gasteiger partial charge in [-0.15, -0.1) is 0 Å². The van der Waals surface area contributed by atoms with Gasteiger partial charge in [0.05, 0.1) is 15.9 Å². The Balaban J connectivity index is 1.93. The van der Waals surface area contributed by atoms with E-state index in [1.807, 2.05) is 0 Å². The Hall–Kier alpha value is -3.50. The van der Waals surface area contributed by atoms with Crippen molar-refractivity contribution in [2.75, 3.05) is 5.32 Å². The third-order valence-corrected chi connectivity index (χ3v) is 3.95. The number of hydrogen-bond acceptors (Lipinski definition) is 5. The van der Waals surface area contributed by atoms with E-state index in [1.165, 1.54) is 36.7 Å². The number of hydrogen-bond donors (Lipinski definition) is 2. The summed E-state index contributed by atoms with van der Waals surface area (Å²) in [4.78, 5) is 24.2. The Labute approximate surface area is 151 Å². The molecule has 0 aliphatic carbocycles. The molecule has 0 saturated heterocycles. The summed E-state index contributed by atoms with van der Waals surface area (Å²) in [6, 6.07) is 10.9. The van der Waals surface area contributed by atoms with Gasteiger partial charge in [0.2, 0.25) is 0 Å². The Morgan fingerprint density at radius 2 is 1.92 bits per heavy atom. The van der Waals surface area contributed by atoms with Gasteiger partial charge >= 0.3 is 5.97 Å². The van der Waals surface area contributed by atoms with Crippen LogP contribution in [-0.4, -0.2) is 26.0 Å². The van der Waals surface area contributed by atoms with Gasteiger partial charge in [-0.2, -0.15) is 0 Å². The minimum absolute atomic E-state index is 0.0396. The van der Waals surface area contributed by atoms with Crippen LogP contribution in [0.1, 0.15) is 10.4 Å². The number of aromatic nitrogens is 3. The number of carbonyl (C=O) groups is 1. The lowest BCUT2D eigenvalue weighted by molar-refractivity contribution is 0.0697. The molecular formula is C18H8ClFN4O2. The molecular weight excluding hydrogens is 359 g/mol. The zero-order chi connectivity index (χ0) is 18.3. The van der Waals surface area contributed by atoms with E-state index in [2.05, 4.69) is 32.4 Å². The fourth-order valence-corrected chi connectivity index (χ4v) is 2.67. The van der Waals surface area contributed by atoms with Crippen LogP contribution in [0.15, 0.2) is 36.7 Å². The number of rotatable bonds is 3. The van der Waals surface area contributed by atoms with Crippen LogP contribution < -0.4 is 5.32 Å². The third-order valence-electron chi connectivity index (χ3n) is 3.66. The zero-order valence-electron chi connectivity index (χ0n) is 12.9. The van der Waals surface area contributed by atoms with E-state index < -0.39 is 11.8 Å². The molecule has 0 bridgehead atoms. The predicted octanol–water partition coefficient (Wildman–Crippen LogP) is 4.01. The number of halogens is 2. The summed E-state index contributed by atoms with van der Waals surface area (Å²) in [6.45, 7) is 0. The number of carboxylic acid groups (broad SMARTS) is 1. The smallest absolute Gasteiger partial charge is 0.344 e. The first-order valence-corrected chi connectivity index (χ1v) is 7.74. The molecule has 4 rings (SSSR count). The second kappa shape index (κ2) is 6.10. The summed E-state index contributed by atoms with van der Waals surface area (Å²) in [5.41, 5.74) is 1.74. The van der Waals surface area contributed by atoms with E-state index in [4.69, 9.17) is 16.7 Å². The Morgan fingerprint density at radius 1 is 1.15 bits per heavy atom. The maximum Gasteiger partial charge on any atom is 0.344 e. The van der Waals surface area contributed by atoms with Crippen LogP contribution in [0, 0.1) is 17.9 Å². The van der Waals surface area contributed by atoms with Crippen LogP contribution in [0.2, 0.25) is 5.02 Å². The second-order valence-electron chi connectivity index (χ2n) is 5.34. The average Bonchev–Trinajstić information content (AvgIpc) is 2.64. The van der Waals surface area contributed by atoms with Crippen molar-refractivity contribution < 1.29 is 14.3 Å². The minimum atomic E-state index is -1.14. The summed E-state index contributed by atoms with van der Waals surface area (Å²) in [5.74, 6) is -1.34. The number of anilines is 2. The lowest BCUT2D eigenvalue weighted by Gasteiger charge is -2.10. The molecule has 0 aliphatic rings. The van der Waals surface area contributed by atoms with Gasteiger partial charge in [-0.05, 0) is 24.3 Å². The fraction of sp³-hybridized carbons (Fsp3) is 0. The molecule has 2 N–H and O–H groups in total. The van der Waals surface area contributed by atoms with Gasteiger partial charge in [-0.3, -0.25) is 4.98 Å². The van der Waals surface area contributed by atoms with Gasteiger partial charge in [0.1, 0.15) is 22.4 Å². The highest BCUT2D eigenvalue weighted by molar-refractivity contribution is 6.31. The molecule has 4 aromatic rings. The van der Waals surface area contributed by atoms with Crippen molar-refractivity contribution in [1.29, 1.82) is 0 Å². The molecule has 2 aromatic carbocycles. The molecule has 0 spiro atoms. The van der Waals surface area contributed by atoms with Crippen molar-refractivity contribution in [3.8, 4) is 0 Å². The monoisotopic (exact) mass is 366 g/mol. The quantitative estimate of drug-likeness (QED) is 0.569. The average molecular weight is 367 g/mol. The topological polar surface area (TPSA) is 88.0 Å². The van der Waals surface area contributed by atoms with Gasteiger partial charge in [-0.25, -0.2) is 19.2 Å². The number of aromatic carboxylic acids is 1. The van der Waals surface area contributed by atoms with Crippen molar-refractivity contribution in [2.24, 2.45) is 0 Å². The first-order chi connectivity index (χ1) is 12.5. The third kappa shape index (κ3) is 2.72. The van der Waals surface area contributed by atoms with Gasteiger partial charge in [0, 0.05) is 18.1 Å². The zero-order valence-corrected chi connectivity index (χ0v) is 13.7. The van der Waals surface area contributed by atoms with Crippen LogP contribution in [-0.2, 0) is 0 Å². The van der Waals surface area contributed by atoms with E-state index in [0.717, 1.165) is 0 Å². The number of carboxylic acids is 1. The lowest BCUT2D eigenvalue weighted by Crippen LogP contribution is -2.00. The summed E-state index contributed by atoms with van der Waals surface area (Å²) >= 11 is 5.81. The molecule has 0 radical (unpaired) electrons. The summed E-state index contributed by atoms with van der Waals surface area (Å²) in [7, 11) is 0. The van der Waals surface area contributed by atoms with E-state index in [-0.39, 0.29) is 10.6 Å². The molecule has 2 heterocycles. The molecule has 0 atom stereocenters. The largest absolute Gasteiger partial charge is 0.477 e. The molecule has 0 unspecified atom stereocenters. The molecule has 126 valence electrons. The summed E-state index contributed by atoms with van der Waals surface area (Å²) in [6.07, 6.45) is 3.02. The lowest BCUT2D eigenvalue weighted by atomic mass is 10.1. The molecule has 0 amide bonds. The number of fused-ring (bicyclic) bond motifs is 3. The first-order valence-electron chi connectivity index (χ1n) is 7.37. The van der Waals surface area contributed by atoms with Crippen LogP contribution >= 0.6 is 11.6 Å². The Bertz CT molecular complexity index is 1180. The van der Waals surface area contributed by atoms with Crippen molar-refractivity contribution >= 4 is 51.0 Å². The Morgan fingerprint density at radius 3 is 2.65 bits per heavy atom. The highest BCUT2D eigenvalue weighted by Gasteiger charge is 2.13. The van der Waals surface area contributed by atoms with Crippen LogP contribution in [0.4, 0.5) is 15.9 Å². The molecule has 2 aromatic heterocycles.